The number of hydrogen-bond donors (Lipinski definition) is 1. The molecule has 1 saturated heterocycles. The van der Waals surface area contributed by atoms with E-state index in [1.807, 2.05) is 31.7 Å². The molecule has 1 aliphatic rings. The summed E-state index contributed by atoms with van der Waals surface area (Å²) in [6.45, 7) is 13.2. The summed E-state index contributed by atoms with van der Waals surface area (Å²) in [4.78, 5) is 16.4. The summed E-state index contributed by atoms with van der Waals surface area (Å²) in [6, 6.07) is 4.17. The van der Waals surface area contributed by atoms with E-state index in [1.165, 1.54) is 11.1 Å². The standard InChI is InChI=1S/C17H26ClN3O/c1-12-10-13(2)15(14(18)11-12)20-6-8-21(9-7-20)16(22)19-17(3,4)5/h10-11H,6-9H2,1-5H3,(H,19,22). The minimum Gasteiger partial charge on any atom is -0.367 e. The SMILES string of the molecule is Cc1cc(C)c(N2CCN(C(=O)NC(C)(C)C)CC2)c(Cl)c1. The summed E-state index contributed by atoms with van der Waals surface area (Å²) < 4.78 is 0. The minimum absolute atomic E-state index is 0.0128. The third-order valence-electron chi connectivity index (χ3n) is 3.76. The fourth-order valence-corrected chi connectivity index (χ4v) is 3.28. The number of piperazine rings is 1. The van der Waals surface area contributed by atoms with Gasteiger partial charge >= 0.3 is 6.03 Å². The molecule has 122 valence electrons. The first kappa shape index (κ1) is 16.9. The molecule has 0 bridgehead atoms. The lowest BCUT2D eigenvalue weighted by molar-refractivity contribution is 0.185. The first-order chi connectivity index (χ1) is 10.2. The van der Waals surface area contributed by atoms with Crippen LogP contribution < -0.4 is 10.2 Å². The van der Waals surface area contributed by atoms with Crippen molar-refractivity contribution in [1.82, 2.24) is 10.2 Å². The van der Waals surface area contributed by atoms with E-state index in [9.17, 15) is 4.79 Å². The van der Waals surface area contributed by atoms with Crippen molar-refractivity contribution in [1.29, 1.82) is 0 Å². The third-order valence-corrected chi connectivity index (χ3v) is 4.05. The second-order valence-electron chi connectivity index (χ2n) is 7.07. The highest BCUT2D eigenvalue weighted by Gasteiger charge is 2.25. The number of nitrogens with zero attached hydrogens (tertiary/aromatic N) is 2. The molecule has 0 aromatic heterocycles. The van der Waals surface area contributed by atoms with Crippen molar-refractivity contribution in [3.8, 4) is 0 Å². The maximum absolute atomic E-state index is 12.2. The number of benzene rings is 1. The summed E-state index contributed by atoms with van der Waals surface area (Å²) in [5, 5.41) is 3.81. The van der Waals surface area contributed by atoms with Crippen LogP contribution >= 0.6 is 11.6 Å². The largest absolute Gasteiger partial charge is 0.367 e. The predicted molar refractivity (Wildman–Crippen MR) is 93.0 cm³/mol. The van der Waals surface area contributed by atoms with Gasteiger partial charge in [-0.1, -0.05) is 17.7 Å². The van der Waals surface area contributed by atoms with Gasteiger partial charge in [0.05, 0.1) is 10.7 Å². The number of anilines is 1. The van der Waals surface area contributed by atoms with Gasteiger partial charge in [-0.3, -0.25) is 0 Å². The quantitative estimate of drug-likeness (QED) is 0.857. The predicted octanol–water partition coefficient (Wildman–Crippen LogP) is 3.59. The maximum atomic E-state index is 12.2. The van der Waals surface area contributed by atoms with Crippen LogP contribution in [0.3, 0.4) is 0 Å². The van der Waals surface area contributed by atoms with E-state index < -0.39 is 0 Å². The lowest BCUT2D eigenvalue weighted by Gasteiger charge is -2.38. The van der Waals surface area contributed by atoms with Crippen LogP contribution in [0.2, 0.25) is 5.02 Å². The molecule has 0 atom stereocenters. The zero-order chi connectivity index (χ0) is 16.5. The molecule has 1 N–H and O–H groups in total. The van der Waals surface area contributed by atoms with Crippen molar-refractivity contribution < 1.29 is 4.79 Å². The second kappa shape index (κ2) is 6.37. The van der Waals surface area contributed by atoms with Crippen LogP contribution in [0.25, 0.3) is 0 Å². The van der Waals surface area contributed by atoms with Crippen LogP contribution in [0.1, 0.15) is 31.9 Å². The molecule has 1 aliphatic heterocycles. The molecule has 1 heterocycles. The molecule has 2 rings (SSSR count). The number of carbonyl (C=O) groups is 1. The Morgan fingerprint density at radius 1 is 1.14 bits per heavy atom. The Morgan fingerprint density at radius 3 is 2.23 bits per heavy atom. The van der Waals surface area contributed by atoms with E-state index in [1.54, 1.807) is 0 Å². The number of nitrogens with one attached hydrogen (secondary N) is 1. The van der Waals surface area contributed by atoms with Crippen LogP contribution in [-0.4, -0.2) is 42.6 Å². The van der Waals surface area contributed by atoms with E-state index >= 15 is 0 Å². The van der Waals surface area contributed by atoms with E-state index in [0.29, 0.717) is 13.1 Å². The Balaban J connectivity index is 2.02. The first-order valence-corrected chi connectivity index (χ1v) is 8.14. The Labute approximate surface area is 138 Å². The van der Waals surface area contributed by atoms with Gasteiger partial charge in [0, 0.05) is 31.7 Å². The molecule has 1 fully saturated rings. The van der Waals surface area contributed by atoms with Gasteiger partial charge in [0.15, 0.2) is 0 Å². The lowest BCUT2D eigenvalue weighted by atomic mass is 10.1. The minimum atomic E-state index is -0.203. The molecule has 1 aromatic carbocycles. The van der Waals surface area contributed by atoms with E-state index in [2.05, 4.69) is 30.1 Å². The van der Waals surface area contributed by atoms with Crippen LogP contribution in [0.4, 0.5) is 10.5 Å². The molecule has 4 nitrogen and oxygen atoms in total. The molecule has 0 unspecified atom stereocenters. The second-order valence-corrected chi connectivity index (χ2v) is 7.47. The van der Waals surface area contributed by atoms with Gasteiger partial charge in [-0.15, -0.1) is 0 Å². The van der Waals surface area contributed by atoms with Crippen molar-refractivity contribution in [2.24, 2.45) is 0 Å². The Morgan fingerprint density at radius 2 is 1.73 bits per heavy atom. The van der Waals surface area contributed by atoms with Gasteiger partial charge in [0.2, 0.25) is 0 Å². The van der Waals surface area contributed by atoms with Crippen molar-refractivity contribution in [2.45, 2.75) is 40.2 Å². The van der Waals surface area contributed by atoms with Gasteiger partial charge in [0.1, 0.15) is 0 Å². The van der Waals surface area contributed by atoms with Gasteiger partial charge in [-0.05, 0) is 51.8 Å². The fourth-order valence-electron chi connectivity index (χ4n) is 2.84. The van der Waals surface area contributed by atoms with E-state index in [4.69, 9.17) is 11.6 Å². The fraction of sp³-hybridized carbons (Fsp3) is 0.588. The average molecular weight is 324 g/mol. The molecule has 5 heteroatoms. The average Bonchev–Trinajstić information content (AvgIpc) is 2.36. The van der Waals surface area contributed by atoms with Gasteiger partial charge in [0.25, 0.3) is 0 Å². The normalized spacial score (nSPS) is 15.9. The molecule has 22 heavy (non-hydrogen) atoms. The molecule has 0 saturated carbocycles. The summed E-state index contributed by atoms with van der Waals surface area (Å²) >= 11 is 6.42. The highest BCUT2D eigenvalue weighted by Crippen LogP contribution is 2.31. The number of aryl methyl sites for hydroxylation is 2. The highest BCUT2D eigenvalue weighted by molar-refractivity contribution is 6.33. The highest BCUT2D eigenvalue weighted by atomic mass is 35.5. The lowest BCUT2D eigenvalue weighted by Crippen LogP contribution is -2.55. The molecule has 0 radical (unpaired) electrons. The summed E-state index contributed by atoms with van der Waals surface area (Å²) in [6.07, 6.45) is 0. The Kier molecular flexibility index (Phi) is 4.90. The monoisotopic (exact) mass is 323 g/mol. The Bertz CT molecular complexity index is 535. The summed E-state index contributed by atoms with van der Waals surface area (Å²) in [5.41, 5.74) is 3.26. The smallest absolute Gasteiger partial charge is 0.317 e. The van der Waals surface area contributed by atoms with Gasteiger partial charge in [-0.2, -0.15) is 0 Å². The molecule has 0 aliphatic carbocycles. The molecule has 2 amide bonds. The maximum Gasteiger partial charge on any atom is 0.317 e. The number of halogens is 1. The zero-order valence-corrected chi connectivity index (χ0v) is 14.9. The Hall–Kier alpha value is -1.42. The van der Waals surface area contributed by atoms with Crippen LogP contribution in [0.5, 0.6) is 0 Å². The topological polar surface area (TPSA) is 35.6 Å². The zero-order valence-electron chi connectivity index (χ0n) is 14.2. The third kappa shape index (κ3) is 4.07. The molecule has 0 spiro atoms. The number of amides is 2. The van der Waals surface area contributed by atoms with Crippen LogP contribution in [0, 0.1) is 13.8 Å². The first-order valence-electron chi connectivity index (χ1n) is 7.76. The van der Waals surface area contributed by atoms with Gasteiger partial charge in [-0.25, -0.2) is 4.79 Å². The van der Waals surface area contributed by atoms with Gasteiger partial charge < -0.3 is 15.1 Å². The summed E-state index contributed by atoms with van der Waals surface area (Å²) in [5.74, 6) is 0. The van der Waals surface area contributed by atoms with Crippen molar-refractivity contribution in [3.05, 3.63) is 28.3 Å². The van der Waals surface area contributed by atoms with Crippen LogP contribution in [0.15, 0.2) is 12.1 Å². The van der Waals surface area contributed by atoms with Crippen molar-refractivity contribution in [2.75, 3.05) is 31.1 Å². The van der Waals surface area contributed by atoms with Crippen molar-refractivity contribution in [3.63, 3.8) is 0 Å². The van der Waals surface area contributed by atoms with Crippen molar-refractivity contribution >= 4 is 23.3 Å². The number of hydrogen-bond acceptors (Lipinski definition) is 2. The summed E-state index contributed by atoms with van der Waals surface area (Å²) in [7, 11) is 0. The van der Waals surface area contributed by atoms with Crippen LogP contribution in [-0.2, 0) is 0 Å². The molecule has 1 aromatic rings. The number of rotatable bonds is 1. The number of urea groups is 1. The molecular weight excluding hydrogens is 298 g/mol. The van der Waals surface area contributed by atoms with E-state index in [-0.39, 0.29) is 11.6 Å². The number of carbonyl (C=O) groups excluding carboxylic acids is 1. The molecular formula is C17H26ClN3O. The van der Waals surface area contributed by atoms with E-state index in [0.717, 1.165) is 23.8 Å².